The smallest absolute Gasteiger partial charge is 0.272 e. The number of carbonyl (C=O) groups excluding carboxylic acids is 1. The summed E-state index contributed by atoms with van der Waals surface area (Å²) in [5.41, 5.74) is 2.29. The molecule has 1 aromatic carbocycles. The molecule has 0 saturated carbocycles. The zero-order chi connectivity index (χ0) is 18.5. The number of rotatable bonds is 4. The SMILES string of the molecule is O=C(c1ccc(Nc2ccccc2)cn1)N1CCN(c2ncccn2)CC1. The Morgan fingerprint density at radius 2 is 1.56 bits per heavy atom. The van der Waals surface area contributed by atoms with Crippen LogP contribution >= 0.6 is 0 Å². The minimum absolute atomic E-state index is 0.0464. The fourth-order valence-corrected chi connectivity index (χ4v) is 3.01. The number of piperazine rings is 1. The number of pyridine rings is 1. The summed E-state index contributed by atoms with van der Waals surface area (Å²) in [6.07, 6.45) is 5.15. The van der Waals surface area contributed by atoms with Crippen LogP contribution in [0.25, 0.3) is 0 Å². The molecule has 27 heavy (non-hydrogen) atoms. The molecule has 136 valence electrons. The monoisotopic (exact) mass is 360 g/mol. The summed E-state index contributed by atoms with van der Waals surface area (Å²) < 4.78 is 0. The van der Waals surface area contributed by atoms with Crippen molar-refractivity contribution in [3.63, 3.8) is 0 Å². The number of nitrogens with one attached hydrogen (secondary N) is 1. The van der Waals surface area contributed by atoms with Gasteiger partial charge in [0.25, 0.3) is 5.91 Å². The van der Waals surface area contributed by atoms with Crippen molar-refractivity contribution in [3.05, 3.63) is 72.8 Å². The van der Waals surface area contributed by atoms with Crippen LogP contribution in [0, 0.1) is 0 Å². The molecular formula is C20H20N6O. The molecule has 4 rings (SSSR count). The standard InChI is InChI=1S/C20H20N6O/c27-19(25-11-13-26(14-12-25)20-21-9-4-10-22-20)18-8-7-17(15-23-18)24-16-5-2-1-3-6-16/h1-10,15,24H,11-14H2. The quantitative estimate of drug-likeness (QED) is 0.771. The zero-order valence-corrected chi connectivity index (χ0v) is 14.8. The maximum absolute atomic E-state index is 12.7. The molecule has 1 aliphatic heterocycles. The van der Waals surface area contributed by atoms with Crippen LogP contribution in [0.3, 0.4) is 0 Å². The maximum Gasteiger partial charge on any atom is 0.272 e. The Labute approximate surface area is 157 Å². The van der Waals surface area contributed by atoms with Crippen molar-refractivity contribution in [2.24, 2.45) is 0 Å². The van der Waals surface area contributed by atoms with Gasteiger partial charge in [-0.05, 0) is 30.3 Å². The molecule has 0 spiro atoms. The van der Waals surface area contributed by atoms with E-state index in [4.69, 9.17) is 0 Å². The third-order valence-corrected chi connectivity index (χ3v) is 4.45. The molecule has 3 aromatic rings. The molecule has 7 nitrogen and oxygen atoms in total. The Morgan fingerprint density at radius 3 is 2.22 bits per heavy atom. The van der Waals surface area contributed by atoms with Crippen molar-refractivity contribution >= 4 is 23.2 Å². The van der Waals surface area contributed by atoms with E-state index in [1.54, 1.807) is 30.7 Å². The van der Waals surface area contributed by atoms with E-state index >= 15 is 0 Å². The molecule has 0 unspecified atom stereocenters. The first-order chi connectivity index (χ1) is 13.3. The van der Waals surface area contributed by atoms with Crippen LogP contribution in [0.5, 0.6) is 0 Å². The minimum Gasteiger partial charge on any atom is -0.354 e. The summed E-state index contributed by atoms with van der Waals surface area (Å²) in [6, 6.07) is 15.3. The first kappa shape index (κ1) is 17.0. The fourth-order valence-electron chi connectivity index (χ4n) is 3.01. The summed E-state index contributed by atoms with van der Waals surface area (Å²) in [6.45, 7) is 2.68. The number of hydrogen-bond acceptors (Lipinski definition) is 6. The number of para-hydroxylation sites is 1. The lowest BCUT2D eigenvalue weighted by Gasteiger charge is -2.34. The Balaban J connectivity index is 1.36. The Morgan fingerprint density at radius 1 is 0.815 bits per heavy atom. The molecule has 7 heteroatoms. The lowest BCUT2D eigenvalue weighted by Crippen LogP contribution is -2.49. The number of amides is 1. The van der Waals surface area contributed by atoms with E-state index in [1.165, 1.54) is 0 Å². The van der Waals surface area contributed by atoms with Gasteiger partial charge >= 0.3 is 0 Å². The van der Waals surface area contributed by atoms with Crippen LogP contribution in [-0.2, 0) is 0 Å². The zero-order valence-electron chi connectivity index (χ0n) is 14.8. The van der Waals surface area contributed by atoms with E-state index in [-0.39, 0.29) is 5.91 Å². The molecule has 0 aliphatic carbocycles. The van der Waals surface area contributed by atoms with Crippen LogP contribution in [0.2, 0.25) is 0 Å². The van der Waals surface area contributed by atoms with E-state index in [0.29, 0.717) is 37.8 Å². The highest BCUT2D eigenvalue weighted by molar-refractivity contribution is 5.92. The van der Waals surface area contributed by atoms with E-state index in [2.05, 4.69) is 25.2 Å². The Bertz CT molecular complexity index is 877. The number of carbonyl (C=O) groups is 1. The fraction of sp³-hybridized carbons (Fsp3) is 0.200. The van der Waals surface area contributed by atoms with Gasteiger partial charge in [-0.25, -0.2) is 15.0 Å². The van der Waals surface area contributed by atoms with Crippen molar-refractivity contribution in [3.8, 4) is 0 Å². The van der Waals surface area contributed by atoms with Crippen molar-refractivity contribution in [1.29, 1.82) is 0 Å². The average Bonchev–Trinajstić information content (AvgIpc) is 2.75. The summed E-state index contributed by atoms with van der Waals surface area (Å²) in [5.74, 6) is 0.661. The van der Waals surface area contributed by atoms with Crippen LogP contribution in [0.4, 0.5) is 17.3 Å². The van der Waals surface area contributed by atoms with Crippen LogP contribution in [-0.4, -0.2) is 51.9 Å². The van der Waals surface area contributed by atoms with E-state index < -0.39 is 0 Å². The molecule has 1 saturated heterocycles. The van der Waals surface area contributed by atoms with Gasteiger partial charge in [0.05, 0.1) is 11.9 Å². The van der Waals surface area contributed by atoms with Gasteiger partial charge in [0.15, 0.2) is 0 Å². The Kier molecular flexibility index (Phi) is 4.91. The second-order valence-corrected chi connectivity index (χ2v) is 6.25. The molecule has 2 aromatic heterocycles. The van der Waals surface area contributed by atoms with Crippen molar-refractivity contribution < 1.29 is 4.79 Å². The van der Waals surface area contributed by atoms with Crippen LogP contribution < -0.4 is 10.2 Å². The van der Waals surface area contributed by atoms with Gasteiger partial charge in [-0.3, -0.25) is 4.79 Å². The average molecular weight is 360 g/mol. The van der Waals surface area contributed by atoms with Gasteiger partial charge in [-0.15, -0.1) is 0 Å². The van der Waals surface area contributed by atoms with Gasteiger partial charge in [-0.1, -0.05) is 18.2 Å². The number of nitrogens with zero attached hydrogens (tertiary/aromatic N) is 5. The topological polar surface area (TPSA) is 74.2 Å². The number of hydrogen-bond donors (Lipinski definition) is 1. The molecule has 1 amide bonds. The van der Waals surface area contributed by atoms with Crippen molar-refractivity contribution in [2.75, 3.05) is 36.4 Å². The predicted molar refractivity (Wildman–Crippen MR) is 104 cm³/mol. The van der Waals surface area contributed by atoms with Crippen molar-refractivity contribution in [1.82, 2.24) is 19.9 Å². The molecule has 1 fully saturated rings. The minimum atomic E-state index is -0.0464. The molecule has 0 bridgehead atoms. The highest BCUT2D eigenvalue weighted by Crippen LogP contribution is 2.16. The van der Waals surface area contributed by atoms with Crippen molar-refractivity contribution in [2.45, 2.75) is 0 Å². The number of anilines is 3. The van der Waals surface area contributed by atoms with Gasteiger partial charge < -0.3 is 15.1 Å². The van der Waals surface area contributed by atoms with Gasteiger partial charge in [0.1, 0.15) is 5.69 Å². The number of aromatic nitrogens is 3. The highest BCUT2D eigenvalue weighted by Gasteiger charge is 2.24. The highest BCUT2D eigenvalue weighted by atomic mass is 16.2. The van der Waals surface area contributed by atoms with Crippen LogP contribution in [0.15, 0.2) is 67.1 Å². The second kappa shape index (κ2) is 7.82. The summed E-state index contributed by atoms with van der Waals surface area (Å²) >= 11 is 0. The lowest BCUT2D eigenvalue weighted by atomic mass is 10.2. The third kappa shape index (κ3) is 4.03. The van der Waals surface area contributed by atoms with E-state index in [0.717, 1.165) is 11.4 Å². The summed E-state index contributed by atoms with van der Waals surface area (Å²) in [4.78, 5) is 29.5. The lowest BCUT2D eigenvalue weighted by molar-refractivity contribution is 0.0740. The molecule has 0 atom stereocenters. The molecule has 1 N–H and O–H groups in total. The van der Waals surface area contributed by atoms with Crippen LogP contribution in [0.1, 0.15) is 10.5 Å². The van der Waals surface area contributed by atoms with E-state index in [9.17, 15) is 4.79 Å². The molecule has 3 heterocycles. The van der Waals surface area contributed by atoms with E-state index in [1.807, 2.05) is 41.3 Å². The van der Waals surface area contributed by atoms with Gasteiger partial charge in [0, 0.05) is 44.3 Å². The first-order valence-corrected chi connectivity index (χ1v) is 8.89. The first-order valence-electron chi connectivity index (χ1n) is 8.89. The predicted octanol–water partition coefficient (Wildman–Crippen LogP) is 2.58. The summed E-state index contributed by atoms with van der Waals surface area (Å²) in [5, 5.41) is 3.27. The molecular weight excluding hydrogens is 340 g/mol. The maximum atomic E-state index is 12.7. The molecule has 1 aliphatic rings. The molecule has 0 radical (unpaired) electrons. The number of benzene rings is 1. The normalized spacial score (nSPS) is 14.1. The third-order valence-electron chi connectivity index (χ3n) is 4.45. The Hall–Kier alpha value is -3.48. The van der Waals surface area contributed by atoms with Gasteiger partial charge in [-0.2, -0.15) is 0 Å². The largest absolute Gasteiger partial charge is 0.354 e. The second-order valence-electron chi connectivity index (χ2n) is 6.25. The summed E-state index contributed by atoms with van der Waals surface area (Å²) in [7, 11) is 0. The van der Waals surface area contributed by atoms with Gasteiger partial charge in [0.2, 0.25) is 5.95 Å².